The van der Waals surface area contributed by atoms with Gasteiger partial charge in [0.15, 0.2) is 10.4 Å². The average molecular weight is 341 g/mol. The molecule has 0 aliphatic heterocycles. The van der Waals surface area contributed by atoms with Gasteiger partial charge in [0.1, 0.15) is 10.7 Å². The molecule has 0 saturated heterocycles. The Kier molecular flexibility index (Phi) is 3.78. The number of nitrogens with zero attached hydrogens (tertiary/aromatic N) is 1. The van der Waals surface area contributed by atoms with Crippen LogP contribution in [-0.2, 0) is 5.54 Å². The molecule has 1 aliphatic carbocycles. The molecule has 2 N–H and O–H groups in total. The highest BCUT2D eigenvalue weighted by Crippen LogP contribution is 2.37. The first kappa shape index (κ1) is 13.3. The summed E-state index contributed by atoms with van der Waals surface area (Å²) in [5.74, 6) is 0.798. The molecular formula is C14H17BrN2OS. The van der Waals surface area contributed by atoms with Crippen molar-refractivity contribution in [1.82, 2.24) is 4.98 Å². The predicted octanol–water partition coefficient (Wildman–Crippen LogP) is 4.67. The summed E-state index contributed by atoms with van der Waals surface area (Å²) in [6, 6.07) is 3.82. The minimum Gasteiger partial charge on any atom is -0.448 e. The summed E-state index contributed by atoms with van der Waals surface area (Å²) in [5, 5.41) is 3.09. The maximum absolute atomic E-state index is 6.59. The van der Waals surface area contributed by atoms with Crippen LogP contribution in [0, 0.1) is 0 Å². The normalized spacial score (nSPS) is 19.3. The van der Waals surface area contributed by atoms with E-state index in [2.05, 4.69) is 15.9 Å². The molecule has 2 heterocycles. The maximum Gasteiger partial charge on any atom is 0.169 e. The van der Waals surface area contributed by atoms with Crippen LogP contribution in [0.1, 0.15) is 43.5 Å². The van der Waals surface area contributed by atoms with Gasteiger partial charge in [-0.25, -0.2) is 4.98 Å². The molecule has 0 radical (unpaired) electrons. The minimum absolute atomic E-state index is 0.233. The standard InChI is InChI=1S/C14H17BrN2OS/c15-12-6-5-11(18-12)10-9-19-13(17-10)14(16)7-3-1-2-4-8-14/h5-6,9H,1-4,7-8,16H2. The van der Waals surface area contributed by atoms with Gasteiger partial charge < -0.3 is 10.2 Å². The smallest absolute Gasteiger partial charge is 0.169 e. The molecule has 2 aromatic heterocycles. The van der Waals surface area contributed by atoms with Crippen LogP contribution in [0.4, 0.5) is 0 Å². The molecule has 102 valence electrons. The molecule has 19 heavy (non-hydrogen) atoms. The second kappa shape index (κ2) is 5.38. The fraction of sp³-hybridized carbons (Fsp3) is 0.500. The molecule has 1 aliphatic rings. The van der Waals surface area contributed by atoms with Crippen LogP contribution in [0.5, 0.6) is 0 Å². The first-order chi connectivity index (χ1) is 9.17. The van der Waals surface area contributed by atoms with Crippen molar-refractivity contribution in [2.45, 2.75) is 44.1 Å². The van der Waals surface area contributed by atoms with E-state index in [1.165, 1.54) is 25.7 Å². The number of thiazole rings is 1. The molecule has 0 spiro atoms. The van der Waals surface area contributed by atoms with Crippen molar-refractivity contribution < 1.29 is 4.42 Å². The van der Waals surface area contributed by atoms with Crippen LogP contribution in [-0.4, -0.2) is 4.98 Å². The summed E-state index contributed by atoms with van der Waals surface area (Å²) in [5.41, 5.74) is 7.24. The highest BCUT2D eigenvalue weighted by atomic mass is 79.9. The van der Waals surface area contributed by atoms with Crippen LogP contribution in [0.2, 0.25) is 0 Å². The number of rotatable bonds is 2. The highest BCUT2D eigenvalue weighted by molar-refractivity contribution is 9.10. The quantitative estimate of drug-likeness (QED) is 0.808. The van der Waals surface area contributed by atoms with Crippen molar-refractivity contribution in [3.63, 3.8) is 0 Å². The molecule has 3 rings (SSSR count). The van der Waals surface area contributed by atoms with E-state index in [1.807, 2.05) is 17.5 Å². The van der Waals surface area contributed by atoms with E-state index in [4.69, 9.17) is 15.1 Å². The average Bonchev–Trinajstić information content (AvgIpc) is 2.97. The Morgan fingerprint density at radius 2 is 1.95 bits per heavy atom. The first-order valence-electron chi connectivity index (χ1n) is 6.68. The lowest BCUT2D eigenvalue weighted by atomic mass is 9.92. The van der Waals surface area contributed by atoms with Crippen LogP contribution < -0.4 is 5.73 Å². The predicted molar refractivity (Wildman–Crippen MR) is 81.1 cm³/mol. The van der Waals surface area contributed by atoms with Crippen LogP contribution in [0.15, 0.2) is 26.6 Å². The SMILES string of the molecule is NC1(c2nc(-c3ccc(Br)o3)cs2)CCCCCC1. The number of furan rings is 1. The van der Waals surface area contributed by atoms with E-state index in [1.54, 1.807) is 11.3 Å². The lowest BCUT2D eigenvalue weighted by Gasteiger charge is -2.25. The molecule has 0 amide bonds. The Labute approximate surface area is 125 Å². The number of aromatic nitrogens is 1. The Hall–Kier alpha value is -0.650. The van der Waals surface area contributed by atoms with Gasteiger partial charge in [-0.2, -0.15) is 0 Å². The molecule has 1 saturated carbocycles. The van der Waals surface area contributed by atoms with Gasteiger partial charge in [0.2, 0.25) is 0 Å². The third kappa shape index (κ3) is 2.78. The summed E-state index contributed by atoms with van der Waals surface area (Å²) in [6.45, 7) is 0. The van der Waals surface area contributed by atoms with E-state index in [-0.39, 0.29) is 5.54 Å². The summed E-state index contributed by atoms with van der Waals surface area (Å²) in [4.78, 5) is 4.71. The van der Waals surface area contributed by atoms with Crippen LogP contribution in [0.25, 0.3) is 11.5 Å². The minimum atomic E-state index is -0.233. The Balaban J connectivity index is 1.87. The van der Waals surface area contributed by atoms with Crippen molar-refractivity contribution in [2.24, 2.45) is 5.73 Å². The fourth-order valence-corrected chi connectivity index (χ4v) is 3.93. The summed E-state index contributed by atoms with van der Waals surface area (Å²) >= 11 is 4.97. The number of nitrogens with two attached hydrogens (primary N) is 1. The molecule has 0 atom stereocenters. The maximum atomic E-state index is 6.59. The Morgan fingerprint density at radius 3 is 2.58 bits per heavy atom. The van der Waals surface area contributed by atoms with Gasteiger partial charge in [-0.3, -0.25) is 0 Å². The van der Waals surface area contributed by atoms with Crippen LogP contribution in [0.3, 0.4) is 0 Å². The van der Waals surface area contributed by atoms with Crippen molar-refractivity contribution in [2.75, 3.05) is 0 Å². The third-order valence-corrected chi connectivity index (χ3v) is 5.24. The monoisotopic (exact) mass is 340 g/mol. The molecule has 2 aromatic rings. The van der Waals surface area contributed by atoms with Crippen molar-refractivity contribution in [1.29, 1.82) is 0 Å². The number of hydrogen-bond donors (Lipinski definition) is 1. The largest absolute Gasteiger partial charge is 0.448 e. The molecule has 0 aromatic carbocycles. The second-order valence-electron chi connectivity index (χ2n) is 5.21. The second-order valence-corrected chi connectivity index (χ2v) is 6.85. The van der Waals surface area contributed by atoms with E-state index >= 15 is 0 Å². The first-order valence-corrected chi connectivity index (χ1v) is 8.35. The van der Waals surface area contributed by atoms with Gasteiger partial charge in [-0.15, -0.1) is 11.3 Å². The molecule has 1 fully saturated rings. The van der Waals surface area contributed by atoms with Crippen molar-refractivity contribution in [3.8, 4) is 11.5 Å². The van der Waals surface area contributed by atoms with Gasteiger partial charge >= 0.3 is 0 Å². The van der Waals surface area contributed by atoms with Gasteiger partial charge in [0.05, 0.1) is 5.54 Å². The van der Waals surface area contributed by atoms with E-state index in [0.717, 1.165) is 34.0 Å². The Morgan fingerprint density at radius 1 is 1.21 bits per heavy atom. The van der Waals surface area contributed by atoms with E-state index in [9.17, 15) is 0 Å². The third-order valence-electron chi connectivity index (χ3n) is 3.75. The van der Waals surface area contributed by atoms with Crippen molar-refractivity contribution >= 4 is 27.3 Å². The van der Waals surface area contributed by atoms with Crippen LogP contribution >= 0.6 is 27.3 Å². The molecule has 0 bridgehead atoms. The number of hydrogen-bond acceptors (Lipinski definition) is 4. The molecule has 0 unspecified atom stereocenters. The highest BCUT2D eigenvalue weighted by Gasteiger charge is 2.31. The summed E-state index contributed by atoms with van der Waals surface area (Å²) < 4.78 is 6.28. The van der Waals surface area contributed by atoms with E-state index in [0.29, 0.717) is 0 Å². The molecule has 3 nitrogen and oxygen atoms in total. The lowest BCUT2D eigenvalue weighted by molar-refractivity contribution is 0.384. The number of halogens is 1. The topological polar surface area (TPSA) is 52.0 Å². The fourth-order valence-electron chi connectivity index (χ4n) is 2.64. The zero-order valence-corrected chi connectivity index (χ0v) is 13.1. The van der Waals surface area contributed by atoms with Crippen molar-refractivity contribution in [3.05, 3.63) is 27.2 Å². The lowest BCUT2D eigenvalue weighted by Crippen LogP contribution is -2.35. The van der Waals surface area contributed by atoms with Gasteiger partial charge in [-0.1, -0.05) is 25.7 Å². The van der Waals surface area contributed by atoms with Gasteiger partial charge in [-0.05, 0) is 40.9 Å². The zero-order valence-electron chi connectivity index (χ0n) is 10.7. The molecule has 5 heteroatoms. The summed E-state index contributed by atoms with van der Waals surface area (Å²) in [7, 11) is 0. The Bertz CT molecular complexity index is 555. The summed E-state index contributed by atoms with van der Waals surface area (Å²) in [6.07, 6.45) is 7.09. The zero-order chi connectivity index (χ0) is 13.3. The van der Waals surface area contributed by atoms with E-state index < -0.39 is 0 Å². The molecular weight excluding hydrogens is 324 g/mol. The van der Waals surface area contributed by atoms with Gasteiger partial charge in [0, 0.05) is 5.38 Å². The van der Waals surface area contributed by atoms with Gasteiger partial charge in [0.25, 0.3) is 0 Å².